The van der Waals surface area contributed by atoms with Crippen molar-refractivity contribution in [3.63, 3.8) is 0 Å². The first-order valence-electron chi connectivity index (χ1n) is 9.42. The van der Waals surface area contributed by atoms with Gasteiger partial charge in [0.1, 0.15) is 0 Å². The zero-order valence-electron chi connectivity index (χ0n) is 15.3. The van der Waals surface area contributed by atoms with Gasteiger partial charge in [0.2, 0.25) is 0 Å². The van der Waals surface area contributed by atoms with Gasteiger partial charge in [-0.05, 0) is 56.9 Å². The molecule has 0 bridgehead atoms. The molecule has 1 saturated carbocycles. The van der Waals surface area contributed by atoms with Crippen LogP contribution in [0.3, 0.4) is 0 Å². The topological polar surface area (TPSA) is 52.2 Å². The molecule has 1 heterocycles. The molecule has 3 rings (SSSR count). The number of aromatic amines is 1. The van der Waals surface area contributed by atoms with Crippen LogP contribution in [0.1, 0.15) is 38.2 Å². The molecule has 0 amide bonds. The molecule has 0 saturated heterocycles. The number of aromatic nitrogens is 1. The van der Waals surface area contributed by atoms with Crippen LogP contribution in [0.4, 0.5) is 0 Å². The standard InChI is InChI=1S/C20H30N4S/c1-3-21-20(24-16-10-11-17(13-16)25-2)22-12-6-7-15-14-23-19-9-5-4-8-18(15)19/h4-5,8-9,14,16-17,23H,3,6-7,10-13H2,1-2H3,(H2,21,22,24). The summed E-state index contributed by atoms with van der Waals surface area (Å²) in [6, 6.07) is 9.08. The third-order valence-electron chi connectivity index (χ3n) is 4.95. The summed E-state index contributed by atoms with van der Waals surface area (Å²) < 4.78 is 0. The highest BCUT2D eigenvalue weighted by atomic mass is 32.2. The summed E-state index contributed by atoms with van der Waals surface area (Å²) in [5.41, 5.74) is 2.61. The summed E-state index contributed by atoms with van der Waals surface area (Å²) in [6.45, 7) is 3.89. The maximum Gasteiger partial charge on any atom is 0.191 e. The number of rotatable bonds is 7. The summed E-state index contributed by atoms with van der Waals surface area (Å²) in [6.07, 6.45) is 10.3. The van der Waals surface area contributed by atoms with Crippen LogP contribution in [0, 0.1) is 0 Å². The number of nitrogens with zero attached hydrogens (tertiary/aromatic N) is 1. The molecule has 5 heteroatoms. The zero-order chi connectivity index (χ0) is 17.5. The van der Waals surface area contributed by atoms with E-state index >= 15 is 0 Å². The minimum atomic E-state index is 0.573. The van der Waals surface area contributed by atoms with E-state index in [4.69, 9.17) is 4.99 Å². The Kier molecular flexibility index (Phi) is 6.68. The van der Waals surface area contributed by atoms with E-state index in [-0.39, 0.29) is 0 Å². The molecular formula is C20H30N4S. The Morgan fingerprint density at radius 2 is 2.20 bits per heavy atom. The lowest BCUT2D eigenvalue weighted by Gasteiger charge is -2.17. The van der Waals surface area contributed by atoms with Crippen molar-refractivity contribution < 1.29 is 0 Å². The second kappa shape index (κ2) is 9.18. The number of hydrogen-bond acceptors (Lipinski definition) is 2. The van der Waals surface area contributed by atoms with Gasteiger partial charge in [-0.3, -0.25) is 4.99 Å². The number of guanidine groups is 1. The van der Waals surface area contributed by atoms with Crippen molar-refractivity contribution in [2.45, 2.75) is 50.3 Å². The average Bonchev–Trinajstić information content (AvgIpc) is 3.25. The molecule has 0 radical (unpaired) electrons. The van der Waals surface area contributed by atoms with Gasteiger partial charge in [-0.25, -0.2) is 0 Å². The molecule has 2 unspecified atom stereocenters. The van der Waals surface area contributed by atoms with E-state index in [9.17, 15) is 0 Å². The van der Waals surface area contributed by atoms with Gasteiger partial charge in [0.15, 0.2) is 5.96 Å². The molecule has 1 aliphatic carbocycles. The van der Waals surface area contributed by atoms with Crippen LogP contribution in [0.5, 0.6) is 0 Å². The predicted octanol–water partition coefficient (Wildman–Crippen LogP) is 3.94. The minimum Gasteiger partial charge on any atom is -0.361 e. The number of fused-ring (bicyclic) bond motifs is 1. The van der Waals surface area contributed by atoms with Gasteiger partial charge in [0.25, 0.3) is 0 Å². The molecule has 1 aromatic carbocycles. The number of hydrogen-bond donors (Lipinski definition) is 3. The molecule has 0 aliphatic heterocycles. The van der Waals surface area contributed by atoms with Gasteiger partial charge in [-0.15, -0.1) is 0 Å². The molecule has 2 atom stereocenters. The maximum atomic E-state index is 4.78. The van der Waals surface area contributed by atoms with E-state index in [0.29, 0.717) is 6.04 Å². The van der Waals surface area contributed by atoms with Crippen molar-refractivity contribution in [3.8, 4) is 0 Å². The monoisotopic (exact) mass is 358 g/mol. The number of aryl methyl sites for hydroxylation is 1. The summed E-state index contributed by atoms with van der Waals surface area (Å²) >= 11 is 1.99. The van der Waals surface area contributed by atoms with Crippen LogP contribution in [0.15, 0.2) is 35.5 Å². The Morgan fingerprint density at radius 1 is 1.32 bits per heavy atom. The fourth-order valence-electron chi connectivity index (χ4n) is 3.60. The second-order valence-electron chi connectivity index (χ2n) is 6.74. The molecular weight excluding hydrogens is 328 g/mol. The average molecular weight is 359 g/mol. The molecule has 1 aromatic heterocycles. The lowest BCUT2D eigenvalue weighted by atomic mass is 10.1. The molecule has 1 aliphatic rings. The van der Waals surface area contributed by atoms with Crippen molar-refractivity contribution in [2.24, 2.45) is 4.99 Å². The van der Waals surface area contributed by atoms with Gasteiger partial charge in [0.05, 0.1) is 0 Å². The highest BCUT2D eigenvalue weighted by Gasteiger charge is 2.24. The fourth-order valence-corrected chi connectivity index (χ4v) is 4.39. The number of H-pyrrole nitrogens is 1. The number of benzene rings is 1. The van der Waals surface area contributed by atoms with E-state index in [1.165, 1.54) is 35.7 Å². The number of para-hydroxylation sites is 1. The molecule has 2 aromatic rings. The van der Waals surface area contributed by atoms with E-state index in [0.717, 1.165) is 37.1 Å². The molecule has 25 heavy (non-hydrogen) atoms. The van der Waals surface area contributed by atoms with Crippen LogP contribution in [-0.4, -0.2) is 41.6 Å². The Hall–Kier alpha value is -1.62. The highest BCUT2D eigenvalue weighted by molar-refractivity contribution is 7.99. The Labute approximate surface area is 155 Å². The Morgan fingerprint density at radius 3 is 3.00 bits per heavy atom. The first kappa shape index (κ1) is 18.2. The van der Waals surface area contributed by atoms with Crippen LogP contribution in [0.25, 0.3) is 10.9 Å². The molecule has 3 N–H and O–H groups in total. The molecule has 4 nitrogen and oxygen atoms in total. The number of nitrogens with one attached hydrogen (secondary N) is 3. The first-order valence-corrected chi connectivity index (χ1v) is 10.7. The van der Waals surface area contributed by atoms with Crippen molar-refractivity contribution in [3.05, 3.63) is 36.0 Å². The molecule has 136 valence electrons. The van der Waals surface area contributed by atoms with E-state index in [1.807, 2.05) is 11.8 Å². The lowest BCUT2D eigenvalue weighted by Crippen LogP contribution is -2.42. The maximum absolute atomic E-state index is 4.78. The van der Waals surface area contributed by atoms with E-state index < -0.39 is 0 Å². The summed E-state index contributed by atoms with van der Waals surface area (Å²) in [5.74, 6) is 0.980. The van der Waals surface area contributed by atoms with Crippen LogP contribution in [0.2, 0.25) is 0 Å². The Bertz CT molecular complexity index is 694. The fraction of sp³-hybridized carbons (Fsp3) is 0.550. The number of aliphatic imine (C=N–C) groups is 1. The zero-order valence-corrected chi connectivity index (χ0v) is 16.2. The van der Waals surface area contributed by atoms with Crippen LogP contribution >= 0.6 is 11.8 Å². The SMILES string of the molecule is CCNC(=NCCCc1c[nH]c2ccccc12)NC1CCC(SC)C1. The highest BCUT2D eigenvalue weighted by Crippen LogP contribution is 2.28. The van der Waals surface area contributed by atoms with Crippen molar-refractivity contribution in [1.29, 1.82) is 0 Å². The predicted molar refractivity (Wildman–Crippen MR) is 111 cm³/mol. The van der Waals surface area contributed by atoms with Gasteiger partial charge in [-0.2, -0.15) is 11.8 Å². The van der Waals surface area contributed by atoms with Gasteiger partial charge in [0, 0.05) is 41.5 Å². The summed E-state index contributed by atoms with van der Waals surface area (Å²) in [4.78, 5) is 8.14. The minimum absolute atomic E-state index is 0.573. The normalized spacial score (nSPS) is 21.0. The Balaban J connectivity index is 1.50. The van der Waals surface area contributed by atoms with Crippen molar-refractivity contribution in [2.75, 3.05) is 19.3 Å². The van der Waals surface area contributed by atoms with Crippen molar-refractivity contribution in [1.82, 2.24) is 15.6 Å². The summed E-state index contributed by atoms with van der Waals surface area (Å²) in [5, 5.41) is 9.16. The largest absolute Gasteiger partial charge is 0.361 e. The third kappa shape index (κ3) is 4.94. The second-order valence-corrected chi connectivity index (χ2v) is 7.87. The summed E-state index contributed by atoms with van der Waals surface area (Å²) in [7, 11) is 0. The van der Waals surface area contributed by atoms with Gasteiger partial charge in [-0.1, -0.05) is 18.2 Å². The van der Waals surface area contributed by atoms with Gasteiger partial charge < -0.3 is 15.6 Å². The van der Waals surface area contributed by atoms with E-state index in [2.05, 4.69) is 59.3 Å². The smallest absolute Gasteiger partial charge is 0.191 e. The van der Waals surface area contributed by atoms with Crippen LogP contribution < -0.4 is 10.6 Å². The van der Waals surface area contributed by atoms with Gasteiger partial charge >= 0.3 is 0 Å². The van der Waals surface area contributed by atoms with E-state index in [1.54, 1.807) is 0 Å². The molecule has 0 spiro atoms. The molecule has 1 fully saturated rings. The lowest BCUT2D eigenvalue weighted by molar-refractivity contribution is 0.614. The van der Waals surface area contributed by atoms with Crippen molar-refractivity contribution >= 4 is 28.6 Å². The van der Waals surface area contributed by atoms with Crippen LogP contribution in [-0.2, 0) is 6.42 Å². The number of thioether (sulfide) groups is 1. The first-order chi connectivity index (χ1) is 12.3. The third-order valence-corrected chi connectivity index (χ3v) is 6.05. The quantitative estimate of drug-likeness (QED) is 0.399.